The predicted octanol–water partition coefficient (Wildman–Crippen LogP) is 1.72. The number of nitrogens with one attached hydrogen (secondary N) is 1. The van der Waals surface area contributed by atoms with Gasteiger partial charge in [-0.05, 0) is 36.1 Å². The molecule has 0 aliphatic heterocycles. The Labute approximate surface area is 130 Å². The van der Waals surface area contributed by atoms with E-state index in [0.29, 0.717) is 18.8 Å². The van der Waals surface area contributed by atoms with E-state index in [9.17, 15) is 8.42 Å². The maximum atomic E-state index is 12.1. The molecule has 0 radical (unpaired) electrons. The second-order valence-corrected chi connectivity index (χ2v) is 6.90. The molecule has 2 aromatic rings. The second kappa shape index (κ2) is 7.06. The van der Waals surface area contributed by atoms with E-state index in [0.717, 1.165) is 17.5 Å². The molecular weight excluding hydrogens is 310 g/mol. The molecule has 2 rings (SSSR count). The van der Waals surface area contributed by atoms with Crippen molar-refractivity contribution in [3.63, 3.8) is 0 Å². The van der Waals surface area contributed by atoms with Crippen LogP contribution in [0.15, 0.2) is 41.6 Å². The number of aryl methyl sites for hydroxylation is 2. The lowest BCUT2D eigenvalue weighted by Gasteiger charge is -2.07. The van der Waals surface area contributed by atoms with Crippen molar-refractivity contribution in [3.05, 3.63) is 47.8 Å². The van der Waals surface area contributed by atoms with Gasteiger partial charge in [0.2, 0.25) is 10.0 Å². The molecule has 0 amide bonds. The van der Waals surface area contributed by atoms with Crippen LogP contribution in [0.2, 0.25) is 0 Å². The molecule has 1 aromatic carbocycles. The summed E-state index contributed by atoms with van der Waals surface area (Å²) in [6, 6.07) is 6.79. The first-order valence-electron chi connectivity index (χ1n) is 6.63. The summed E-state index contributed by atoms with van der Waals surface area (Å²) in [7, 11) is -1.64. The summed E-state index contributed by atoms with van der Waals surface area (Å²) in [4.78, 5) is 0.270. The first-order chi connectivity index (χ1) is 10.0. The van der Waals surface area contributed by atoms with Crippen LogP contribution in [0.4, 0.5) is 0 Å². The summed E-state index contributed by atoms with van der Waals surface area (Å²) in [5.74, 6) is 0.523. The quantitative estimate of drug-likeness (QED) is 0.788. The predicted molar refractivity (Wildman–Crippen MR) is 83.0 cm³/mol. The molecule has 1 heterocycles. The summed E-state index contributed by atoms with van der Waals surface area (Å²) in [5.41, 5.74) is 2.02. The van der Waals surface area contributed by atoms with Crippen molar-refractivity contribution in [2.24, 2.45) is 7.05 Å². The maximum Gasteiger partial charge on any atom is 0.240 e. The van der Waals surface area contributed by atoms with E-state index in [1.54, 1.807) is 35.1 Å². The highest BCUT2D eigenvalue weighted by Crippen LogP contribution is 2.11. The molecule has 0 fully saturated rings. The fourth-order valence-corrected chi connectivity index (χ4v) is 3.21. The SMILES string of the molecule is Cn1cc(CCNS(=O)(=O)c2ccc(CCCl)cc2)cn1. The average Bonchev–Trinajstić information content (AvgIpc) is 2.85. The first-order valence-corrected chi connectivity index (χ1v) is 8.65. The van der Waals surface area contributed by atoms with E-state index in [-0.39, 0.29) is 4.90 Å². The van der Waals surface area contributed by atoms with Crippen LogP contribution in [0.25, 0.3) is 0 Å². The molecule has 0 atom stereocenters. The van der Waals surface area contributed by atoms with Crippen molar-refractivity contribution in [1.82, 2.24) is 14.5 Å². The van der Waals surface area contributed by atoms with Gasteiger partial charge in [-0.2, -0.15) is 5.10 Å². The van der Waals surface area contributed by atoms with Gasteiger partial charge in [-0.1, -0.05) is 12.1 Å². The fourth-order valence-electron chi connectivity index (χ4n) is 1.96. The number of hydrogen-bond acceptors (Lipinski definition) is 3. The minimum Gasteiger partial charge on any atom is -0.276 e. The third-order valence-electron chi connectivity index (χ3n) is 3.08. The standard InChI is InChI=1S/C14H18ClN3O2S/c1-18-11-13(10-16-18)7-9-17-21(19,20)14-4-2-12(3-5-14)6-8-15/h2-5,10-11,17H,6-9H2,1H3. The highest BCUT2D eigenvalue weighted by molar-refractivity contribution is 7.89. The van der Waals surface area contributed by atoms with E-state index >= 15 is 0 Å². The molecule has 0 aliphatic carbocycles. The maximum absolute atomic E-state index is 12.1. The minimum atomic E-state index is -3.47. The molecule has 5 nitrogen and oxygen atoms in total. The van der Waals surface area contributed by atoms with Crippen LogP contribution < -0.4 is 4.72 Å². The van der Waals surface area contributed by atoms with Crippen molar-refractivity contribution in [3.8, 4) is 0 Å². The molecule has 0 bridgehead atoms. The van der Waals surface area contributed by atoms with Crippen molar-refractivity contribution in [2.75, 3.05) is 12.4 Å². The Kier molecular flexibility index (Phi) is 5.39. The molecule has 0 spiro atoms. The Hall–Kier alpha value is -1.37. The van der Waals surface area contributed by atoms with Gasteiger partial charge < -0.3 is 0 Å². The van der Waals surface area contributed by atoms with Crippen molar-refractivity contribution < 1.29 is 8.42 Å². The number of aromatic nitrogens is 2. The molecule has 0 saturated carbocycles. The van der Waals surface area contributed by atoms with Crippen LogP contribution >= 0.6 is 11.6 Å². The molecule has 114 valence electrons. The first kappa shape index (κ1) is 16.0. The van der Waals surface area contributed by atoms with Crippen LogP contribution in [-0.2, 0) is 29.9 Å². The average molecular weight is 328 g/mol. The van der Waals surface area contributed by atoms with Crippen molar-refractivity contribution in [1.29, 1.82) is 0 Å². The zero-order valence-electron chi connectivity index (χ0n) is 11.8. The largest absolute Gasteiger partial charge is 0.276 e. The van der Waals surface area contributed by atoms with Crippen LogP contribution in [-0.4, -0.2) is 30.6 Å². The van der Waals surface area contributed by atoms with Gasteiger partial charge >= 0.3 is 0 Å². The Morgan fingerprint density at radius 2 is 1.90 bits per heavy atom. The third-order valence-corrected chi connectivity index (χ3v) is 4.75. The zero-order chi connectivity index (χ0) is 15.3. The highest BCUT2D eigenvalue weighted by atomic mass is 35.5. The topological polar surface area (TPSA) is 64.0 Å². The molecule has 1 N–H and O–H groups in total. The number of benzene rings is 1. The van der Waals surface area contributed by atoms with E-state index < -0.39 is 10.0 Å². The van der Waals surface area contributed by atoms with E-state index in [4.69, 9.17) is 11.6 Å². The highest BCUT2D eigenvalue weighted by Gasteiger charge is 2.13. The lowest BCUT2D eigenvalue weighted by atomic mass is 10.2. The Morgan fingerprint density at radius 3 is 2.48 bits per heavy atom. The normalized spacial score (nSPS) is 11.7. The molecular formula is C14H18ClN3O2S. The van der Waals surface area contributed by atoms with Gasteiger partial charge in [-0.15, -0.1) is 11.6 Å². The van der Waals surface area contributed by atoms with Gasteiger partial charge in [0.15, 0.2) is 0 Å². The van der Waals surface area contributed by atoms with Crippen LogP contribution in [0.1, 0.15) is 11.1 Å². The number of sulfonamides is 1. The lowest BCUT2D eigenvalue weighted by Crippen LogP contribution is -2.25. The van der Waals surface area contributed by atoms with E-state index in [1.165, 1.54) is 0 Å². The fraction of sp³-hybridized carbons (Fsp3) is 0.357. The molecule has 0 aliphatic rings. The van der Waals surface area contributed by atoms with Gasteiger partial charge in [0.05, 0.1) is 11.1 Å². The lowest BCUT2D eigenvalue weighted by molar-refractivity contribution is 0.581. The van der Waals surface area contributed by atoms with Crippen LogP contribution in [0.3, 0.4) is 0 Å². The Bertz CT molecular complexity index is 680. The minimum absolute atomic E-state index is 0.270. The molecule has 7 heteroatoms. The second-order valence-electron chi connectivity index (χ2n) is 4.75. The number of hydrogen-bond donors (Lipinski definition) is 1. The Morgan fingerprint density at radius 1 is 1.19 bits per heavy atom. The van der Waals surface area contributed by atoms with Crippen molar-refractivity contribution in [2.45, 2.75) is 17.7 Å². The smallest absolute Gasteiger partial charge is 0.240 e. The molecule has 21 heavy (non-hydrogen) atoms. The van der Waals surface area contributed by atoms with Gasteiger partial charge in [0, 0.05) is 25.7 Å². The van der Waals surface area contributed by atoms with Crippen molar-refractivity contribution >= 4 is 21.6 Å². The molecule has 0 unspecified atom stereocenters. The summed E-state index contributed by atoms with van der Waals surface area (Å²) in [5, 5.41) is 4.05. The zero-order valence-corrected chi connectivity index (χ0v) is 13.4. The number of alkyl halides is 1. The van der Waals surface area contributed by atoms with E-state index in [1.807, 2.05) is 13.2 Å². The van der Waals surface area contributed by atoms with Crippen LogP contribution in [0, 0.1) is 0 Å². The van der Waals surface area contributed by atoms with E-state index in [2.05, 4.69) is 9.82 Å². The summed E-state index contributed by atoms with van der Waals surface area (Å²) < 4.78 is 28.6. The summed E-state index contributed by atoms with van der Waals surface area (Å²) >= 11 is 5.66. The monoisotopic (exact) mass is 327 g/mol. The van der Waals surface area contributed by atoms with Crippen LogP contribution in [0.5, 0.6) is 0 Å². The van der Waals surface area contributed by atoms with Gasteiger partial charge in [-0.3, -0.25) is 4.68 Å². The molecule has 1 aromatic heterocycles. The molecule has 0 saturated heterocycles. The number of nitrogens with zero attached hydrogens (tertiary/aromatic N) is 2. The summed E-state index contributed by atoms with van der Waals surface area (Å²) in [6.45, 7) is 0.345. The number of rotatable bonds is 7. The van der Waals surface area contributed by atoms with Gasteiger partial charge in [0.25, 0.3) is 0 Å². The third kappa shape index (κ3) is 4.56. The van der Waals surface area contributed by atoms with Gasteiger partial charge in [0.1, 0.15) is 0 Å². The Balaban J connectivity index is 1.94. The van der Waals surface area contributed by atoms with Gasteiger partial charge in [-0.25, -0.2) is 13.1 Å². The number of halogens is 1. The summed E-state index contributed by atoms with van der Waals surface area (Å²) in [6.07, 6.45) is 4.94.